The van der Waals surface area contributed by atoms with Gasteiger partial charge in [-0.1, -0.05) is 12.1 Å². The number of nitro groups is 1. The van der Waals surface area contributed by atoms with Gasteiger partial charge in [-0.3, -0.25) is 10.1 Å². The molecule has 2 heterocycles. The van der Waals surface area contributed by atoms with Gasteiger partial charge < -0.3 is 5.32 Å². The van der Waals surface area contributed by atoms with Gasteiger partial charge in [-0.2, -0.15) is 4.98 Å². The molecule has 0 bridgehead atoms. The van der Waals surface area contributed by atoms with E-state index in [0.717, 1.165) is 4.88 Å². The zero-order chi connectivity index (χ0) is 14.7. The van der Waals surface area contributed by atoms with E-state index in [2.05, 4.69) is 20.3 Å². The zero-order valence-electron chi connectivity index (χ0n) is 10.6. The lowest BCUT2D eigenvalue weighted by atomic mass is 10.3. The van der Waals surface area contributed by atoms with E-state index in [4.69, 9.17) is 0 Å². The first-order valence-electron chi connectivity index (χ1n) is 5.97. The molecule has 0 atom stereocenters. The van der Waals surface area contributed by atoms with Crippen molar-refractivity contribution in [3.05, 3.63) is 58.2 Å². The Balaban J connectivity index is 1.87. The van der Waals surface area contributed by atoms with E-state index in [0.29, 0.717) is 17.5 Å². The Hall–Kier alpha value is -2.87. The summed E-state index contributed by atoms with van der Waals surface area (Å²) in [6.45, 7) is 0. The number of benzene rings is 1. The van der Waals surface area contributed by atoms with Crippen LogP contribution in [0, 0.1) is 10.1 Å². The molecule has 0 saturated carbocycles. The van der Waals surface area contributed by atoms with Crippen molar-refractivity contribution >= 4 is 28.7 Å². The van der Waals surface area contributed by atoms with Gasteiger partial charge in [-0.05, 0) is 17.5 Å². The van der Waals surface area contributed by atoms with E-state index in [-0.39, 0.29) is 5.69 Å². The van der Waals surface area contributed by atoms with Crippen molar-refractivity contribution in [2.24, 2.45) is 0 Å². The van der Waals surface area contributed by atoms with Crippen LogP contribution in [0.5, 0.6) is 0 Å². The van der Waals surface area contributed by atoms with Crippen LogP contribution < -0.4 is 5.32 Å². The molecule has 8 heteroatoms. The van der Waals surface area contributed by atoms with Gasteiger partial charge in [-0.25, -0.2) is 9.97 Å². The second-order valence-electron chi connectivity index (χ2n) is 4.04. The van der Waals surface area contributed by atoms with Gasteiger partial charge in [0.1, 0.15) is 6.33 Å². The SMILES string of the molecule is O=[N+]([O-])c1cccc(Nc2ncnc(-c3cccs3)n2)c1. The van der Waals surface area contributed by atoms with Crippen molar-refractivity contribution in [2.75, 3.05) is 5.32 Å². The maximum Gasteiger partial charge on any atom is 0.271 e. The van der Waals surface area contributed by atoms with E-state index in [1.54, 1.807) is 12.1 Å². The van der Waals surface area contributed by atoms with Crippen LogP contribution in [-0.4, -0.2) is 19.9 Å². The monoisotopic (exact) mass is 299 g/mol. The molecule has 3 aromatic rings. The number of rotatable bonds is 4. The summed E-state index contributed by atoms with van der Waals surface area (Å²) in [7, 11) is 0. The second kappa shape index (κ2) is 5.63. The van der Waals surface area contributed by atoms with Crippen molar-refractivity contribution in [1.82, 2.24) is 15.0 Å². The minimum atomic E-state index is -0.449. The highest BCUT2D eigenvalue weighted by molar-refractivity contribution is 7.13. The topological polar surface area (TPSA) is 93.8 Å². The molecule has 2 aromatic heterocycles. The lowest BCUT2D eigenvalue weighted by Gasteiger charge is -2.05. The number of hydrogen-bond donors (Lipinski definition) is 1. The van der Waals surface area contributed by atoms with Crippen molar-refractivity contribution in [3.63, 3.8) is 0 Å². The number of thiophene rings is 1. The molecule has 0 fully saturated rings. The Morgan fingerprint density at radius 1 is 1.19 bits per heavy atom. The normalized spacial score (nSPS) is 10.3. The van der Waals surface area contributed by atoms with Crippen molar-refractivity contribution < 1.29 is 4.92 Å². The first-order chi connectivity index (χ1) is 10.2. The van der Waals surface area contributed by atoms with Gasteiger partial charge in [-0.15, -0.1) is 11.3 Å². The van der Waals surface area contributed by atoms with Crippen LogP contribution in [0.25, 0.3) is 10.7 Å². The molecule has 0 radical (unpaired) electrons. The number of anilines is 2. The van der Waals surface area contributed by atoms with Crippen LogP contribution in [0.1, 0.15) is 0 Å². The Morgan fingerprint density at radius 2 is 2.10 bits per heavy atom. The first kappa shape index (κ1) is 13.1. The first-order valence-corrected chi connectivity index (χ1v) is 6.85. The standard InChI is InChI=1S/C13H9N5O2S/c19-18(20)10-4-1-3-9(7-10)16-13-15-8-14-12(17-13)11-5-2-6-21-11/h1-8H,(H,14,15,16,17). The Morgan fingerprint density at radius 3 is 2.86 bits per heavy atom. The summed E-state index contributed by atoms with van der Waals surface area (Å²) in [5.74, 6) is 0.904. The molecule has 104 valence electrons. The van der Waals surface area contributed by atoms with E-state index in [9.17, 15) is 10.1 Å². The smallest absolute Gasteiger partial charge is 0.271 e. The predicted octanol–water partition coefficient (Wildman–Crippen LogP) is 3.25. The van der Waals surface area contributed by atoms with Crippen molar-refractivity contribution in [3.8, 4) is 10.7 Å². The lowest BCUT2D eigenvalue weighted by Crippen LogP contribution is -1.99. The molecule has 0 aliphatic heterocycles. The van der Waals surface area contributed by atoms with Crippen LogP contribution >= 0.6 is 11.3 Å². The summed E-state index contributed by atoms with van der Waals surface area (Å²) in [5, 5.41) is 15.6. The van der Waals surface area contributed by atoms with Gasteiger partial charge in [0.2, 0.25) is 5.95 Å². The molecule has 7 nitrogen and oxygen atoms in total. The van der Waals surface area contributed by atoms with Crippen LogP contribution in [-0.2, 0) is 0 Å². The summed E-state index contributed by atoms with van der Waals surface area (Å²) < 4.78 is 0. The predicted molar refractivity (Wildman–Crippen MR) is 79.5 cm³/mol. The van der Waals surface area contributed by atoms with Crippen LogP contribution in [0.2, 0.25) is 0 Å². The maximum atomic E-state index is 10.8. The average molecular weight is 299 g/mol. The second-order valence-corrected chi connectivity index (χ2v) is 4.99. The summed E-state index contributed by atoms with van der Waals surface area (Å²) in [6, 6.07) is 9.99. The van der Waals surface area contributed by atoms with Crippen LogP contribution in [0.4, 0.5) is 17.3 Å². The lowest BCUT2D eigenvalue weighted by molar-refractivity contribution is -0.384. The minimum Gasteiger partial charge on any atom is -0.324 e. The molecule has 0 amide bonds. The zero-order valence-corrected chi connectivity index (χ0v) is 11.4. The molecular weight excluding hydrogens is 290 g/mol. The molecule has 1 N–H and O–H groups in total. The molecular formula is C13H9N5O2S. The number of nitrogens with one attached hydrogen (secondary N) is 1. The highest BCUT2D eigenvalue weighted by Crippen LogP contribution is 2.23. The molecule has 0 saturated heterocycles. The third-order valence-corrected chi connectivity index (χ3v) is 3.49. The number of nitro benzene ring substituents is 1. The molecule has 0 spiro atoms. The minimum absolute atomic E-state index is 0.00698. The van der Waals surface area contributed by atoms with Gasteiger partial charge in [0.15, 0.2) is 5.82 Å². The number of nitrogens with zero attached hydrogens (tertiary/aromatic N) is 4. The van der Waals surface area contributed by atoms with E-state index < -0.39 is 4.92 Å². The number of aromatic nitrogens is 3. The quantitative estimate of drug-likeness (QED) is 0.587. The number of non-ortho nitro benzene ring substituents is 1. The summed E-state index contributed by atoms with van der Waals surface area (Å²) in [4.78, 5) is 23.7. The fourth-order valence-corrected chi connectivity index (χ4v) is 2.37. The molecule has 1 aromatic carbocycles. The largest absolute Gasteiger partial charge is 0.324 e. The van der Waals surface area contributed by atoms with E-state index in [1.807, 2.05) is 17.5 Å². The highest BCUT2D eigenvalue weighted by Gasteiger charge is 2.08. The third-order valence-electron chi connectivity index (χ3n) is 2.63. The van der Waals surface area contributed by atoms with Crippen LogP contribution in [0.3, 0.4) is 0 Å². The maximum absolute atomic E-state index is 10.8. The Labute approximate surface area is 123 Å². The van der Waals surface area contributed by atoms with Gasteiger partial charge in [0, 0.05) is 17.8 Å². The fourth-order valence-electron chi connectivity index (χ4n) is 1.71. The average Bonchev–Trinajstić information content (AvgIpc) is 3.02. The number of hydrogen-bond acceptors (Lipinski definition) is 7. The summed E-state index contributed by atoms with van der Waals surface area (Å²) in [5.41, 5.74) is 0.556. The van der Waals surface area contributed by atoms with Crippen molar-refractivity contribution in [2.45, 2.75) is 0 Å². The van der Waals surface area contributed by atoms with Gasteiger partial charge in [0.05, 0.1) is 9.80 Å². The molecule has 3 rings (SSSR count). The van der Waals surface area contributed by atoms with Crippen molar-refractivity contribution in [1.29, 1.82) is 0 Å². The van der Waals surface area contributed by atoms with E-state index >= 15 is 0 Å². The Bertz CT molecular complexity index is 776. The molecule has 21 heavy (non-hydrogen) atoms. The highest BCUT2D eigenvalue weighted by atomic mass is 32.1. The summed E-state index contributed by atoms with van der Waals surface area (Å²) in [6.07, 6.45) is 1.40. The third kappa shape index (κ3) is 3.00. The molecule has 0 aliphatic carbocycles. The van der Waals surface area contributed by atoms with Gasteiger partial charge in [0.25, 0.3) is 5.69 Å². The Kier molecular flexibility index (Phi) is 3.52. The molecule has 0 unspecified atom stereocenters. The molecule has 0 aliphatic rings. The van der Waals surface area contributed by atoms with E-state index in [1.165, 1.54) is 29.8 Å². The van der Waals surface area contributed by atoms with Gasteiger partial charge >= 0.3 is 0 Å². The summed E-state index contributed by atoms with van der Waals surface area (Å²) >= 11 is 1.53. The fraction of sp³-hybridized carbons (Fsp3) is 0. The van der Waals surface area contributed by atoms with Crippen LogP contribution in [0.15, 0.2) is 48.1 Å².